The zero-order chi connectivity index (χ0) is 22.2. The van der Waals surface area contributed by atoms with E-state index in [0.29, 0.717) is 33.2 Å². The van der Waals surface area contributed by atoms with E-state index in [1.807, 2.05) is 24.3 Å². The molecule has 31 heavy (non-hydrogen) atoms. The Morgan fingerprint density at radius 2 is 2.13 bits per heavy atom. The molecule has 10 heteroatoms. The minimum atomic E-state index is -0.306. The molecule has 1 N–H and O–H groups in total. The highest BCUT2D eigenvalue weighted by Gasteiger charge is 2.09. The van der Waals surface area contributed by atoms with Crippen LogP contribution in [0.2, 0.25) is 10.0 Å². The second kappa shape index (κ2) is 11.5. The lowest BCUT2D eigenvalue weighted by Gasteiger charge is -2.11. The molecule has 0 radical (unpaired) electrons. The number of carbonyl (C=O) groups excluding carboxylic acids is 1. The molecule has 0 aliphatic rings. The summed E-state index contributed by atoms with van der Waals surface area (Å²) in [6.07, 6.45) is 1.77. The standard InChI is InChI=1S/C21H18BrCl2N3O3S/c1-2-29-20(28)9-17-12-31-21(26-17)27-25-10-14-7-15(22)4-6-19(14)30-11-13-3-5-16(23)8-18(13)24/h3-8,10,12H,2,9,11H2,1H3,(H,26,27). The zero-order valence-corrected chi connectivity index (χ0v) is 20.3. The fourth-order valence-corrected chi connectivity index (χ4v) is 4.00. The van der Waals surface area contributed by atoms with Crippen molar-refractivity contribution in [1.29, 1.82) is 0 Å². The summed E-state index contributed by atoms with van der Waals surface area (Å²) in [5.41, 5.74) is 5.09. The number of benzene rings is 2. The van der Waals surface area contributed by atoms with Gasteiger partial charge in [-0.25, -0.2) is 4.98 Å². The van der Waals surface area contributed by atoms with E-state index in [1.54, 1.807) is 30.7 Å². The molecule has 0 unspecified atom stereocenters. The number of aromatic nitrogens is 1. The van der Waals surface area contributed by atoms with Crippen molar-refractivity contribution in [2.75, 3.05) is 12.0 Å². The van der Waals surface area contributed by atoms with Gasteiger partial charge in [0.15, 0.2) is 0 Å². The number of halogens is 3. The van der Waals surface area contributed by atoms with Gasteiger partial charge in [0.25, 0.3) is 0 Å². The Kier molecular flexibility index (Phi) is 8.71. The van der Waals surface area contributed by atoms with Crippen molar-refractivity contribution in [1.82, 2.24) is 4.98 Å². The highest BCUT2D eigenvalue weighted by atomic mass is 79.9. The van der Waals surface area contributed by atoms with Crippen molar-refractivity contribution in [3.63, 3.8) is 0 Å². The molecule has 0 aliphatic heterocycles. The Labute approximate surface area is 202 Å². The first kappa shape index (κ1) is 23.5. The number of nitrogens with zero attached hydrogens (tertiary/aromatic N) is 2. The summed E-state index contributed by atoms with van der Waals surface area (Å²) in [6.45, 7) is 2.40. The fourth-order valence-electron chi connectivity index (χ4n) is 2.50. The van der Waals surface area contributed by atoms with Gasteiger partial charge in [-0.2, -0.15) is 5.10 Å². The number of hydrogen-bond acceptors (Lipinski definition) is 7. The van der Waals surface area contributed by atoms with E-state index < -0.39 is 0 Å². The largest absolute Gasteiger partial charge is 0.488 e. The van der Waals surface area contributed by atoms with E-state index in [0.717, 1.165) is 15.6 Å². The predicted octanol–water partition coefficient (Wildman–Crippen LogP) is 6.34. The third-order valence-corrected chi connectivity index (χ3v) is 5.79. The van der Waals surface area contributed by atoms with Gasteiger partial charge in [0, 0.05) is 31.0 Å². The zero-order valence-electron chi connectivity index (χ0n) is 16.4. The molecule has 162 valence electrons. The molecule has 2 aromatic carbocycles. The van der Waals surface area contributed by atoms with Crippen molar-refractivity contribution in [3.05, 3.63) is 73.1 Å². The fraction of sp³-hybridized carbons (Fsp3) is 0.190. The van der Waals surface area contributed by atoms with Gasteiger partial charge in [-0.1, -0.05) is 45.2 Å². The summed E-state index contributed by atoms with van der Waals surface area (Å²) >= 11 is 17.0. The van der Waals surface area contributed by atoms with Crippen LogP contribution in [0.4, 0.5) is 5.13 Å². The van der Waals surface area contributed by atoms with Crippen LogP contribution in [0.1, 0.15) is 23.7 Å². The number of anilines is 1. The first-order valence-corrected chi connectivity index (χ1v) is 11.6. The van der Waals surface area contributed by atoms with Crippen LogP contribution in [0, 0.1) is 0 Å². The van der Waals surface area contributed by atoms with Crippen LogP contribution < -0.4 is 10.2 Å². The average Bonchev–Trinajstić information content (AvgIpc) is 3.15. The molecule has 6 nitrogen and oxygen atoms in total. The molecule has 0 bridgehead atoms. The summed E-state index contributed by atoms with van der Waals surface area (Å²) in [6, 6.07) is 10.9. The molecule has 1 heterocycles. The van der Waals surface area contributed by atoms with E-state index in [9.17, 15) is 4.79 Å². The van der Waals surface area contributed by atoms with E-state index >= 15 is 0 Å². The maximum Gasteiger partial charge on any atom is 0.311 e. The SMILES string of the molecule is CCOC(=O)Cc1csc(NN=Cc2cc(Br)ccc2OCc2ccc(Cl)cc2Cl)n1. The van der Waals surface area contributed by atoms with E-state index in [4.69, 9.17) is 32.7 Å². The topological polar surface area (TPSA) is 72.8 Å². The van der Waals surface area contributed by atoms with Crippen LogP contribution in [0.5, 0.6) is 5.75 Å². The number of carbonyl (C=O) groups is 1. The van der Waals surface area contributed by atoms with Gasteiger partial charge in [0.1, 0.15) is 12.4 Å². The molecular formula is C21H18BrCl2N3O3S. The summed E-state index contributed by atoms with van der Waals surface area (Å²) in [4.78, 5) is 15.9. The van der Waals surface area contributed by atoms with Crippen molar-refractivity contribution >= 4 is 67.8 Å². The predicted molar refractivity (Wildman–Crippen MR) is 129 cm³/mol. The van der Waals surface area contributed by atoms with Crippen molar-refractivity contribution in [2.24, 2.45) is 5.10 Å². The van der Waals surface area contributed by atoms with Crippen molar-refractivity contribution in [2.45, 2.75) is 20.0 Å². The second-order valence-corrected chi connectivity index (χ2v) is 8.82. The summed E-state index contributed by atoms with van der Waals surface area (Å²) in [5, 5.41) is 7.72. The lowest BCUT2D eigenvalue weighted by Crippen LogP contribution is -2.07. The normalized spacial score (nSPS) is 11.0. The molecule has 0 saturated carbocycles. The summed E-state index contributed by atoms with van der Waals surface area (Å²) in [7, 11) is 0. The Morgan fingerprint density at radius 3 is 2.90 bits per heavy atom. The number of hydrazone groups is 1. The van der Waals surface area contributed by atoms with E-state index in [2.05, 4.69) is 31.4 Å². The summed E-state index contributed by atoms with van der Waals surface area (Å²) in [5.74, 6) is 0.335. The highest BCUT2D eigenvalue weighted by Crippen LogP contribution is 2.26. The molecule has 1 aromatic heterocycles. The lowest BCUT2D eigenvalue weighted by atomic mass is 10.2. The third-order valence-electron chi connectivity index (χ3n) is 3.92. The molecule has 0 atom stereocenters. The number of esters is 1. The molecule has 3 rings (SSSR count). The number of nitrogens with one attached hydrogen (secondary N) is 1. The van der Waals surface area contributed by atoms with Crippen molar-refractivity contribution < 1.29 is 14.3 Å². The highest BCUT2D eigenvalue weighted by molar-refractivity contribution is 9.10. The molecule has 0 fully saturated rings. The maximum absolute atomic E-state index is 11.6. The van der Waals surface area contributed by atoms with Gasteiger partial charge in [-0.15, -0.1) is 11.3 Å². The number of rotatable bonds is 9. The average molecular weight is 543 g/mol. The van der Waals surface area contributed by atoms with E-state index in [-0.39, 0.29) is 19.0 Å². The van der Waals surface area contributed by atoms with Gasteiger partial charge < -0.3 is 9.47 Å². The van der Waals surface area contributed by atoms with E-state index in [1.165, 1.54) is 11.3 Å². The summed E-state index contributed by atoms with van der Waals surface area (Å²) < 4.78 is 11.8. The van der Waals surface area contributed by atoms with Gasteiger partial charge in [-0.05, 0) is 37.3 Å². The van der Waals surface area contributed by atoms with Crippen LogP contribution in [-0.4, -0.2) is 23.8 Å². The van der Waals surface area contributed by atoms with Crippen LogP contribution in [-0.2, 0) is 22.6 Å². The van der Waals surface area contributed by atoms with Crippen LogP contribution in [0.25, 0.3) is 0 Å². The van der Waals surface area contributed by atoms with Gasteiger partial charge in [-0.3, -0.25) is 10.2 Å². The van der Waals surface area contributed by atoms with Gasteiger partial charge >= 0.3 is 5.97 Å². The molecule has 0 amide bonds. The third kappa shape index (κ3) is 7.21. The number of hydrogen-bond donors (Lipinski definition) is 1. The minimum absolute atomic E-state index is 0.132. The molecule has 3 aromatic rings. The number of thiazole rings is 1. The Balaban J connectivity index is 1.64. The monoisotopic (exact) mass is 541 g/mol. The molecular weight excluding hydrogens is 525 g/mol. The molecule has 0 aliphatic carbocycles. The molecule has 0 saturated heterocycles. The lowest BCUT2D eigenvalue weighted by molar-refractivity contribution is -0.142. The van der Waals surface area contributed by atoms with Crippen molar-refractivity contribution in [3.8, 4) is 5.75 Å². The number of ether oxygens (including phenoxy) is 2. The smallest absolute Gasteiger partial charge is 0.311 e. The van der Waals surface area contributed by atoms with Crippen LogP contribution in [0.3, 0.4) is 0 Å². The Morgan fingerprint density at radius 1 is 1.29 bits per heavy atom. The minimum Gasteiger partial charge on any atom is -0.488 e. The van der Waals surface area contributed by atoms with Crippen LogP contribution >= 0.6 is 50.5 Å². The first-order valence-electron chi connectivity index (χ1n) is 9.20. The molecule has 0 spiro atoms. The van der Waals surface area contributed by atoms with Gasteiger partial charge in [0.2, 0.25) is 5.13 Å². The first-order chi connectivity index (χ1) is 14.9. The second-order valence-electron chi connectivity index (χ2n) is 6.20. The Hall–Kier alpha value is -2.13. The van der Waals surface area contributed by atoms with Gasteiger partial charge in [0.05, 0.1) is 24.9 Å². The Bertz CT molecular complexity index is 1090. The maximum atomic E-state index is 11.6. The quantitative estimate of drug-likeness (QED) is 0.194. The van der Waals surface area contributed by atoms with Crippen LogP contribution in [0.15, 0.2) is 51.4 Å².